The molecular weight excluding hydrogens is 503 g/mol. The molecule has 1 aliphatic rings. The highest BCUT2D eigenvalue weighted by atomic mass is 19.4. The number of amides is 1. The molecule has 1 aromatic carbocycles. The molecule has 0 unspecified atom stereocenters. The molecule has 0 aliphatic carbocycles. The van der Waals surface area contributed by atoms with E-state index in [1.54, 1.807) is 6.07 Å². The third-order valence-corrected chi connectivity index (χ3v) is 6.22. The Labute approximate surface area is 221 Å². The van der Waals surface area contributed by atoms with Crippen LogP contribution in [0.1, 0.15) is 62.2 Å². The summed E-state index contributed by atoms with van der Waals surface area (Å²) in [7, 11) is 1.88. The lowest BCUT2D eigenvalue weighted by molar-refractivity contribution is -0.137. The van der Waals surface area contributed by atoms with Gasteiger partial charge in [0.25, 0.3) is 5.91 Å². The van der Waals surface area contributed by atoms with Crippen LogP contribution in [0.5, 0.6) is 5.75 Å². The molecule has 0 bridgehead atoms. The zero-order chi connectivity index (χ0) is 27.9. The van der Waals surface area contributed by atoms with Gasteiger partial charge in [-0.1, -0.05) is 20.8 Å². The molecule has 0 radical (unpaired) electrons. The predicted octanol–water partition coefficient (Wildman–Crippen LogP) is 4.49. The van der Waals surface area contributed by atoms with Gasteiger partial charge in [-0.15, -0.1) is 0 Å². The Morgan fingerprint density at radius 1 is 1.11 bits per heavy atom. The van der Waals surface area contributed by atoms with Crippen molar-refractivity contribution in [3.05, 3.63) is 46.6 Å². The number of aromatic nitrogens is 2. The second-order valence-electron chi connectivity index (χ2n) is 10.2. The largest absolute Gasteiger partial charge is 0.490 e. The van der Waals surface area contributed by atoms with E-state index in [2.05, 4.69) is 4.99 Å². The molecule has 1 aliphatic heterocycles. The summed E-state index contributed by atoms with van der Waals surface area (Å²) in [6.45, 7) is 10.8. The first-order chi connectivity index (χ1) is 17.9. The first-order valence-electron chi connectivity index (χ1n) is 12.9. The predicted molar refractivity (Wildman–Crippen MR) is 135 cm³/mol. The van der Waals surface area contributed by atoms with E-state index in [1.807, 2.05) is 44.1 Å². The van der Waals surface area contributed by atoms with Crippen molar-refractivity contribution in [1.82, 2.24) is 9.36 Å². The molecular formula is C27H38F3N3O5. The standard InChI is InChI=1S/C27H38F3N3O5/c1-6-35-12-13-36-14-15-38-22-10-9-19(27(28,29)30)16-21(22)25(34)31-24-17-23(26(2,3)4)32(5)33(24)18-20-8-7-11-37-20/h9-10,16-17,20H,6-8,11-15,18H2,1-5H3/t20-/m1/s1. The van der Waals surface area contributed by atoms with E-state index in [-0.39, 0.29) is 36.0 Å². The van der Waals surface area contributed by atoms with Crippen molar-refractivity contribution in [2.75, 3.05) is 39.6 Å². The molecule has 11 heteroatoms. The Bertz CT molecular complexity index is 1140. The summed E-state index contributed by atoms with van der Waals surface area (Å²) in [5, 5.41) is 0. The van der Waals surface area contributed by atoms with Gasteiger partial charge in [-0.3, -0.25) is 14.2 Å². The van der Waals surface area contributed by atoms with Crippen LogP contribution in [0.4, 0.5) is 13.2 Å². The average Bonchev–Trinajstić information content (AvgIpc) is 3.46. The van der Waals surface area contributed by atoms with Crippen LogP contribution < -0.4 is 10.2 Å². The molecule has 1 atom stereocenters. The number of hydrogen-bond acceptors (Lipinski definition) is 5. The lowest BCUT2D eigenvalue weighted by Crippen LogP contribution is -2.30. The fraction of sp³-hybridized carbons (Fsp3) is 0.630. The van der Waals surface area contributed by atoms with E-state index in [1.165, 1.54) is 0 Å². The van der Waals surface area contributed by atoms with E-state index in [0.29, 0.717) is 38.5 Å². The van der Waals surface area contributed by atoms with Crippen molar-refractivity contribution < 1.29 is 36.9 Å². The first kappa shape index (κ1) is 29.9. The van der Waals surface area contributed by atoms with Gasteiger partial charge in [0.2, 0.25) is 0 Å². The summed E-state index contributed by atoms with van der Waals surface area (Å²) >= 11 is 0. The number of ether oxygens (including phenoxy) is 4. The van der Waals surface area contributed by atoms with Crippen molar-refractivity contribution in [3.63, 3.8) is 0 Å². The smallest absolute Gasteiger partial charge is 0.416 e. The molecule has 0 saturated carbocycles. The summed E-state index contributed by atoms with van der Waals surface area (Å²) in [4.78, 5) is 17.6. The normalized spacial score (nSPS) is 16.8. The van der Waals surface area contributed by atoms with Crippen LogP contribution in [0.25, 0.3) is 0 Å². The zero-order valence-corrected chi connectivity index (χ0v) is 22.8. The van der Waals surface area contributed by atoms with Crippen molar-refractivity contribution >= 4 is 5.91 Å². The lowest BCUT2D eigenvalue weighted by Gasteiger charge is -2.21. The van der Waals surface area contributed by atoms with Gasteiger partial charge in [-0.05, 0) is 38.0 Å². The molecule has 1 aromatic heterocycles. The van der Waals surface area contributed by atoms with Crippen LogP contribution in [-0.4, -0.2) is 61.0 Å². The van der Waals surface area contributed by atoms with E-state index in [0.717, 1.165) is 36.7 Å². The quantitative estimate of drug-likeness (QED) is 0.392. The third kappa shape index (κ3) is 7.94. The van der Waals surface area contributed by atoms with Gasteiger partial charge >= 0.3 is 6.18 Å². The number of nitrogens with zero attached hydrogens (tertiary/aromatic N) is 3. The fourth-order valence-corrected chi connectivity index (χ4v) is 4.30. The van der Waals surface area contributed by atoms with Crippen LogP contribution >= 0.6 is 0 Å². The van der Waals surface area contributed by atoms with Crippen molar-refractivity contribution in [3.8, 4) is 5.75 Å². The van der Waals surface area contributed by atoms with E-state index < -0.39 is 17.6 Å². The molecule has 0 N–H and O–H groups in total. The van der Waals surface area contributed by atoms with Gasteiger partial charge in [0.15, 0.2) is 5.49 Å². The molecule has 1 saturated heterocycles. The Morgan fingerprint density at radius 3 is 2.45 bits per heavy atom. The maximum Gasteiger partial charge on any atom is 0.416 e. The fourth-order valence-electron chi connectivity index (χ4n) is 4.30. The Morgan fingerprint density at radius 2 is 1.82 bits per heavy atom. The number of benzene rings is 1. The number of halogens is 3. The minimum Gasteiger partial charge on any atom is -0.490 e. The van der Waals surface area contributed by atoms with Gasteiger partial charge < -0.3 is 18.9 Å². The van der Waals surface area contributed by atoms with Gasteiger partial charge in [-0.2, -0.15) is 18.2 Å². The highest BCUT2D eigenvalue weighted by Gasteiger charge is 2.32. The number of carbonyl (C=O) groups is 1. The third-order valence-electron chi connectivity index (χ3n) is 6.22. The van der Waals surface area contributed by atoms with Crippen molar-refractivity contribution in [1.29, 1.82) is 0 Å². The van der Waals surface area contributed by atoms with E-state index in [4.69, 9.17) is 18.9 Å². The number of rotatable bonds is 11. The summed E-state index contributed by atoms with van der Waals surface area (Å²) < 4.78 is 66.3. The van der Waals surface area contributed by atoms with Crippen molar-refractivity contribution in [2.24, 2.45) is 12.0 Å². The average molecular weight is 542 g/mol. The molecule has 1 fully saturated rings. The molecule has 1 amide bonds. The molecule has 2 aromatic rings. The number of hydrogen-bond donors (Lipinski definition) is 0. The number of alkyl halides is 3. The topological polar surface area (TPSA) is 76.2 Å². The van der Waals surface area contributed by atoms with Crippen molar-refractivity contribution in [2.45, 2.75) is 64.8 Å². The van der Waals surface area contributed by atoms with Gasteiger partial charge in [-0.25, -0.2) is 0 Å². The monoisotopic (exact) mass is 541 g/mol. The minimum atomic E-state index is -4.62. The summed E-state index contributed by atoms with van der Waals surface area (Å²) in [5.41, 5.74) is -0.199. The van der Waals surface area contributed by atoms with Crippen LogP contribution in [-0.2, 0) is 39.4 Å². The summed E-state index contributed by atoms with van der Waals surface area (Å²) in [6.07, 6.45) is -2.81. The molecule has 212 valence electrons. The summed E-state index contributed by atoms with van der Waals surface area (Å²) in [6, 6.07) is 4.63. The second-order valence-corrected chi connectivity index (χ2v) is 10.2. The van der Waals surface area contributed by atoms with Crippen LogP contribution in [0, 0.1) is 0 Å². The van der Waals surface area contributed by atoms with Gasteiger partial charge in [0.1, 0.15) is 12.4 Å². The van der Waals surface area contributed by atoms with E-state index in [9.17, 15) is 18.0 Å². The maximum atomic E-state index is 13.5. The van der Waals surface area contributed by atoms with Crippen LogP contribution in [0.2, 0.25) is 0 Å². The number of carbonyl (C=O) groups excluding carboxylic acids is 1. The summed E-state index contributed by atoms with van der Waals surface area (Å²) in [5.74, 6) is -0.812. The molecule has 8 nitrogen and oxygen atoms in total. The first-order valence-corrected chi connectivity index (χ1v) is 12.9. The van der Waals surface area contributed by atoms with Crippen LogP contribution in [0.15, 0.2) is 29.3 Å². The zero-order valence-electron chi connectivity index (χ0n) is 22.8. The molecule has 3 rings (SSSR count). The highest BCUT2D eigenvalue weighted by molar-refractivity contribution is 5.97. The SMILES string of the molecule is CCOCCOCCOc1ccc(C(F)(F)F)cc1C(=O)N=c1cc(C(C)(C)C)n(C)n1C[C@H]1CCCO1. The Balaban J connectivity index is 1.93. The highest BCUT2D eigenvalue weighted by Crippen LogP contribution is 2.33. The van der Waals surface area contributed by atoms with E-state index >= 15 is 0 Å². The minimum absolute atomic E-state index is 0.0119. The molecule has 0 spiro atoms. The Hall–Kier alpha value is -2.63. The van der Waals surface area contributed by atoms with Gasteiger partial charge in [0, 0.05) is 37.4 Å². The molecule has 38 heavy (non-hydrogen) atoms. The second kappa shape index (κ2) is 12.9. The van der Waals surface area contributed by atoms with Gasteiger partial charge in [0.05, 0.1) is 43.6 Å². The van der Waals surface area contributed by atoms with Crippen LogP contribution in [0.3, 0.4) is 0 Å². The lowest BCUT2D eigenvalue weighted by atomic mass is 9.92. The Kier molecular flexibility index (Phi) is 10.2. The molecule has 2 heterocycles. The maximum absolute atomic E-state index is 13.5.